The van der Waals surface area contributed by atoms with Crippen molar-refractivity contribution in [1.82, 2.24) is 19.5 Å². The molecule has 4 atom stereocenters. The Bertz CT molecular complexity index is 688. The largest absolute Gasteiger partial charge is 0.389 e. The molecule has 1 fully saturated rings. The maximum absolute atomic E-state index is 14.5. The molecule has 2 aromatic heterocycles. The third-order valence-corrected chi connectivity index (χ3v) is 3.88. The summed E-state index contributed by atoms with van der Waals surface area (Å²) in [6.07, 6.45) is -0.0290. The Kier molecular flexibility index (Phi) is 3.34. The molecule has 111 valence electrons. The maximum Gasteiger partial charge on any atom is 0.166 e. The second-order valence-corrected chi connectivity index (χ2v) is 5.02. The number of alkyl halides is 1. The fourth-order valence-corrected chi connectivity index (χ4v) is 2.79. The van der Waals surface area contributed by atoms with E-state index in [2.05, 4.69) is 28.6 Å². The van der Waals surface area contributed by atoms with E-state index in [0.717, 1.165) is 0 Å². The maximum atomic E-state index is 14.5. The quantitative estimate of drug-likeness (QED) is 0.806. The third-order valence-electron chi connectivity index (χ3n) is 3.88. The topological polar surface area (TPSA) is 99.1 Å². The molecule has 0 saturated heterocycles. The van der Waals surface area contributed by atoms with Crippen LogP contribution in [0, 0.1) is 13.0 Å². The molecule has 0 aliphatic heterocycles. The fraction of sp³-hybridized carbons (Fsp3) is 0.385. The number of fused-ring (bicyclic) bond motifs is 1. The normalized spacial score (nSPS) is 29.4. The molecule has 0 spiro atoms. The van der Waals surface area contributed by atoms with Crippen LogP contribution in [0.3, 0.4) is 0 Å². The molecule has 0 aromatic carbocycles. The molecule has 2 heterocycles. The van der Waals surface area contributed by atoms with Gasteiger partial charge in [-0.3, -0.25) is 0 Å². The molecule has 21 heavy (non-hydrogen) atoms. The molecule has 8 heteroatoms. The molecule has 3 rings (SSSR count). The number of rotatable bonds is 3. The summed E-state index contributed by atoms with van der Waals surface area (Å²) in [5.74, 6) is -0.310. The molecule has 0 unspecified atom stereocenters. The minimum atomic E-state index is -1.54. The monoisotopic (exact) mass is 292 g/mol. The van der Waals surface area contributed by atoms with Crippen LogP contribution in [0.25, 0.3) is 11.2 Å². The predicted octanol–water partition coefficient (Wildman–Crippen LogP) is 0.643. The fourth-order valence-electron chi connectivity index (χ4n) is 2.79. The van der Waals surface area contributed by atoms with Gasteiger partial charge in [-0.1, -0.05) is 6.58 Å². The molecule has 7 nitrogen and oxygen atoms in total. The van der Waals surface area contributed by atoms with E-state index in [1.807, 2.05) is 0 Å². The molecular weight excluding hydrogens is 277 g/mol. The van der Waals surface area contributed by atoms with Gasteiger partial charge in [-0.2, -0.15) is 0 Å². The molecule has 1 radical (unpaired) electrons. The van der Waals surface area contributed by atoms with Gasteiger partial charge in [0.15, 0.2) is 17.6 Å². The van der Waals surface area contributed by atoms with E-state index in [-0.39, 0.29) is 12.4 Å². The average Bonchev–Trinajstić information content (AvgIpc) is 2.96. The van der Waals surface area contributed by atoms with Gasteiger partial charge in [-0.15, -0.1) is 0 Å². The van der Waals surface area contributed by atoms with Gasteiger partial charge in [0.1, 0.15) is 11.8 Å². The van der Waals surface area contributed by atoms with Gasteiger partial charge in [0, 0.05) is 5.92 Å². The van der Waals surface area contributed by atoms with Crippen LogP contribution in [0.4, 0.5) is 10.2 Å². The zero-order valence-electron chi connectivity index (χ0n) is 11.2. The summed E-state index contributed by atoms with van der Waals surface area (Å²) in [7, 11) is 3.26. The Morgan fingerprint density at radius 2 is 2.19 bits per heavy atom. The number of imidazole rings is 1. The van der Waals surface area contributed by atoms with Crippen LogP contribution in [0.2, 0.25) is 0 Å². The van der Waals surface area contributed by atoms with Crippen LogP contribution < -0.4 is 5.73 Å². The Hall–Kier alpha value is -2.06. The summed E-state index contributed by atoms with van der Waals surface area (Å²) >= 11 is 0. The second kappa shape index (κ2) is 5.05. The highest BCUT2D eigenvalue weighted by atomic mass is 19.1. The molecule has 1 aliphatic rings. The van der Waals surface area contributed by atoms with Crippen molar-refractivity contribution in [1.29, 1.82) is 0 Å². The first-order valence-corrected chi connectivity index (χ1v) is 6.37. The molecule has 1 aliphatic carbocycles. The van der Waals surface area contributed by atoms with Crippen LogP contribution in [0.1, 0.15) is 6.04 Å². The summed E-state index contributed by atoms with van der Waals surface area (Å²) < 4.78 is 20.8. The number of ether oxygens (including phenoxy) is 1. The standard InChI is InChI=1S/C13H15FN5O2/c1-6-7(3-21-2)11(20)8(14)10(6)19-5-18-9-12(15)16-4-17-13(9)19/h4-5,7-8,10-11,20H,1-3H2,(H2,15,16,17)/t7-,8+,10+,11+/m0/s1. The smallest absolute Gasteiger partial charge is 0.166 e. The number of nitrogens with zero attached hydrogens (tertiary/aromatic N) is 4. The van der Waals surface area contributed by atoms with Gasteiger partial charge in [-0.05, 0) is 5.57 Å². The van der Waals surface area contributed by atoms with E-state index in [0.29, 0.717) is 16.7 Å². The first kappa shape index (κ1) is 13.9. The van der Waals surface area contributed by atoms with Crippen molar-refractivity contribution in [2.75, 3.05) is 12.3 Å². The highest BCUT2D eigenvalue weighted by Gasteiger charge is 2.47. The van der Waals surface area contributed by atoms with Crippen molar-refractivity contribution < 1.29 is 14.2 Å². The van der Waals surface area contributed by atoms with Crippen molar-refractivity contribution in [3.63, 3.8) is 0 Å². The number of hydrogen-bond donors (Lipinski definition) is 2. The van der Waals surface area contributed by atoms with E-state index in [4.69, 9.17) is 10.5 Å². The van der Waals surface area contributed by atoms with E-state index in [1.54, 1.807) is 0 Å². The minimum Gasteiger partial charge on any atom is -0.389 e. The number of aliphatic hydroxyl groups excluding tert-OH is 1. The number of halogens is 1. The molecule has 0 bridgehead atoms. The highest BCUT2D eigenvalue weighted by molar-refractivity contribution is 5.81. The van der Waals surface area contributed by atoms with Crippen molar-refractivity contribution in [2.45, 2.75) is 18.3 Å². The summed E-state index contributed by atoms with van der Waals surface area (Å²) in [6.45, 7) is 3.99. The Morgan fingerprint density at radius 1 is 1.43 bits per heavy atom. The molecule has 0 amide bonds. The molecule has 3 N–H and O–H groups in total. The van der Waals surface area contributed by atoms with E-state index in [9.17, 15) is 9.50 Å². The SMILES string of the molecule is [CH2]OC[C@H]1C(=C)[C@@H](n2cnc3c(N)ncnc32)[C@@H](F)[C@@H]1O. The van der Waals surface area contributed by atoms with Gasteiger partial charge in [-0.25, -0.2) is 19.3 Å². The number of aromatic nitrogens is 4. The lowest BCUT2D eigenvalue weighted by Crippen LogP contribution is -2.27. The van der Waals surface area contributed by atoms with Crippen molar-refractivity contribution in [3.8, 4) is 0 Å². The Morgan fingerprint density at radius 3 is 2.90 bits per heavy atom. The zero-order valence-corrected chi connectivity index (χ0v) is 11.2. The lowest BCUT2D eigenvalue weighted by molar-refractivity contribution is 0.0386. The van der Waals surface area contributed by atoms with Gasteiger partial charge in [0.05, 0.1) is 32.2 Å². The van der Waals surface area contributed by atoms with E-state index < -0.39 is 24.2 Å². The van der Waals surface area contributed by atoms with Gasteiger partial charge in [0.25, 0.3) is 0 Å². The summed E-state index contributed by atoms with van der Waals surface area (Å²) in [6, 6.07) is -0.778. The number of anilines is 1. The minimum absolute atomic E-state index is 0.0979. The van der Waals surface area contributed by atoms with Gasteiger partial charge in [0.2, 0.25) is 0 Å². The Labute approximate surface area is 120 Å². The summed E-state index contributed by atoms with van der Waals surface area (Å²) in [4.78, 5) is 12.0. The van der Waals surface area contributed by atoms with E-state index >= 15 is 0 Å². The highest BCUT2D eigenvalue weighted by Crippen LogP contribution is 2.42. The average molecular weight is 292 g/mol. The van der Waals surface area contributed by atoms with Crippen molar-refractivity contribution in [2.24, 2.45) is 5.92 Å². The Balaban J connectivity index is 2.06. The number of nitrogen functional groups attached to an aromatic ring is 1. The van der Waals surface area contributed by atoms with Gasteiger partial charge < -0.3 is 20.1 Å². The van der Waals surface area contributed by atoms with Crippen LogP contribution in [0.15, 0.2) is 24.8 Å². The van der Waals surface area contributed by atoms with Crippen molar-refractivity contribution in [3.05, 3.63) is 31.9 Å². The predicted molar refractivity (Wildman–Crippen MR) is 73.6 cm³/mol. The number of nitrogens with two attached hydrogens (primary N) is 1. The zero-order chi connectivity index (χ0) is 15.1. The number of aliphatic hydroxyl groups is 1. The lowest BCUT2D eigenvalue weighted by atomic mass is 10.0. The first-order chi connectivity index (χ1) is 10.1. The van der Waals surface area contributed by atoms with Crippen LogP contribution in [-0.4, -0.2) is 43.5 Å². The van der Waals surface area contributed by atoms with E-state index in [1.165, 1.54) is 17.2 Å². The lowest BCUT2D eigenvalue weighted by Gasteiger charge is -2.17. The van der Waals surface area contributed by atoms with Crippen LogP contribution >= 0.6 is 0 Å². The third kappa shape index (κ3) is 1.98. The first-order valence-electron chi connectivity index (χ1n) is 6.37. The summed E-state index contributed by atoms with van der Waals surface area (Å²) in [5, 5.41) is 10.0. The summed E-state index contributed by atoms with van der Waals surface area (Å²) in [5.41, 5.74) is 7.02. The van der Waals surface area contributed by atoms with Crippen molar-refractivity contribution >= 4 is 17.0 Å². The molecule has 2 aromatic rings. The van der Waals surface area contributed by atoms with Crippen LogP contribution in [0.5, 0.6) is 0 Å². The van der Waals surface area contributed by atoms with Crippen LogP contribution in [-0.2, 0) is 4.74 Å². The van der Waals surface area contributed by atoms with Gasteiger partial charge >= 0.3 is 0 Å². The molecule has 1 saturated carbocycles. The second-order valence-electron chi connectivity index (χ2n) is 5.02. The molecular formula is C13H15FN5O2. The number of hydrogen-bond acceptors (Lipinski definition) is 6.